The first kappa shape index (κ1) is 9.52. The first-order valence-electron chi connectivity index (χ1n) is 4.82. The molecule has 4 N–H and O–H groups in total. The molecule has 0 unspecified atom stereocenters. The van der Waals surface area contributed by atoms with E-state index in [1.165, 1.54) is 0 Å². The molecular weight excluding hydrogens is 186 g/mol. The lowest BCUT2D eigenvalue weighted by molar-refractivity contribution is 1.22. The maximum absolute atomic E-state index is 5.84. The standard InChI is InChI=1S/C12H13N3/c13-10-7-4-8-11(12(10)14)15-9-5-2-1-3-6-9/h1-7H,8,13-14H2. The van der Waals surface area contributed by atoms with Crippen LogP contribution in [0.5, 0.6) is 0 Å². The van der Waals surface area contributed by atoms with E-state index in [0.29, 0.717) is 11.4 Å². The molecule has 1 aromatic rings. The fourth-order valence-electron chi connectivity index (χ4n) is 1.43. The molecule has 0 atom stereocenters. The zero-order chi connectivity index (χ0) is 10.7. The number of para-hydroxylation sites is 1. The van der Waals surface area contributed by atoms with E-state index in [-0.39, 0.29) is 0 Å². The Balaban J connectivity index is 2.34. The first-order chi connectivity index (χ1) is 7.27. The predicted octanol–water partition coefficient (Wildman–Crippen LogP) is 1.85. The SMILES string of the molecule is NC1=C(N)C(=Nc2ccccc2)CC=C1. The van der Waals surface area contributed by atoms with Crippen molar-refractivity contribution in [3.05, 3.63) is 53.9 Å². The maximum atomic E-state index is 5.84. The second kappa shape index (κ2) is 4.00. The zero-order valence-electron chi connectivity index (χ0n) is 8.35. The highest BCUT2D eigenvalue weighted by Gasteiger charge is 2.09. The van der Waals surface area contributed by atoms with Crippen molar-refractivity contribution in [3.63, 3.8) is 0 Å². The summed E-state index contributed by atoms with van der Waals surface area (Å²) in [4.78, 5) is 4.45. The number of nitrogens with zero attached hydrogens (tertiary/aromatic N) is 1. The molecule has 0 bridgehead atoms. The molecule has 0 fully saturated rings. The molecule has 0 aromatic heterocycles. The smallest absolute Gasteiger partial charge is 0.0769 e. The fourth-order valence-corrected chi connectivity index (χ4v) is 1.43. The third-order valence-corrected chi connectivity index (χ3v) is 2.25. The minimum atomic E-state index is 0.585. The second-order valence-electron chi connectivity index (χ2n) is 3.37. The van der Waals surface area contributed by atoms with E-state index in [1.807, 2.05) is 42.5 Å². The summed E-state index contributed by atoms with van der Waals surface area (Å²) in [6.45, 7) is 0. The van der Waals surface area contributed by atoms with E-state index < -0.39 is 0 Å². The van der Waals surface area contributed by atoms with Crippen molar-refractivity contribution in [2.45, 2.75) is 6.42 Å². The van der Waals surface area contributed by atoms with Crippen LogP contribution in [0.25, 0.3) is 0 Å². The van der Waals surface area contributed by atoms with Gasteiger partial charge in [-0.2, -0.15) is 0 Å². The summed E-state index contributed by atoms with van der Waals surface area (Å²) in [5.41, 5.74) is 14.5. The average molecular weight is 199 g/mol. The van der Waals surface area contributed by atoms with E-state index >= 15 is 0 Å². The van der Waals surface area contributed by atoms with Crippen molar-refractivity contribution in [2.24, 2.45) is 16.5 Å². The largest absolute Gasteiger partial charge is 0.397 e. The van der Waals surface area contributed by atoms with Crippen LogP contribution in [0.2, 0.25) is 0 Å². The molecule has 0 saturated heterocycles. The third-order valence-electron chi connectivity index (χ3n) is 2.25. The summed E-state index contributed by atoms with van der Waals surface area (Å²) in [5.74, 6) is 0. The Kier molecular flexibility index (Phi) is 2.54. The van der Waals surface area contributed by atoms with Crippen LogP contribution in [-0.2, 0) is 0 Å². The van der Waals surface area contributed by atoms with Crippen LogP contribution in [-0.4, -0.2) is 5.71 Å². The molecule has 0 spiro atoms. The number of aliphatic imine (C=N–C) groups is 1. The van der Waals surface area contributed by atoms with Gasteiger partial charge in [-0.05, 0) is 18.2 Å². The van der Waals surface area contributed by atoms with Crippen LogP contribution in [0.4, 0.5) is 5.69 Å². The van der Waals surface area contributed by atoms with Crippen molar-refractivity contribution in [1.29, 1.82) is 0 Å². The van der Waals surface area contributed by atoms with E-state index in [9.17, 15) is 0 Å². The molecule has 15 heavy (non-hydrogen) atoms. The molecule has 3 nitrogen and oxygen atoms in total. The Morgan fingerprint density at radius 3 is 2.53 bits per heavy atom. The monoisotopic (exact) mass is 199 g/mol. The lowest BCUT2D eigenvalue weighted by atomic mass is 10.1. The molecule has 0 radical (unpaired) electrons. The molecule has 1 aliphatic rings. The minimum Gasteiger partial charge on any atom is -0.397 e. The van der Waals surface area contributed by atoms with Crippen LogP contribution in [0.15, 0.2) is 58.9 Å². The van der Waals surface area contributed by atoms with Crippen LogP contribution in [0, 0.1) is 0 Å². The van der Waals surface area contributed by atoms with Crippen molar-refractivity contribution >= 4 is 11.4 Å². The molecule has 0 aliphatic heterocycles. The number of hydrogen-bond acceptors (Lipinski definition) is 3. The predicted molar refractivity (Wildman–Crippen MR) is 62.7 cm³/mol. The number of allylic oxidation sites excluding steroid dienone is 3. The maximum Gasteiger partial charge on any atom is 0.0769 e. The molecule has 0 saturated carbocycles. The number of hydrogen-bond donors (Lipinski definition) is 2. The highest BCUT2D eigenvalue weighted by atomic mass is 14.8. The second-order valence-corrected chi connectivity index (χ2v) is 3.37. The summed E-state index contributed by atoms with van der Waals surface area (Å²) in [6.07, 6.45) is 4.52. The molecule has 0 heterocycles. The molecule has 76 valence electrons. The molecule has 1 aliphatic carbocycles. The Bertz CT molecular complexity index is 441. The van der Waals surface area contributed by atoms with Gasteiger partial charge in [0.25, 0.3) is 0 Å². The number of nitrogens with two attached hydrogens (primary N) is 2. The van der Waals surface area contributed by atoms with Crippen LogP contribution >= 0.6 is 0 Å². The van der Waals surface area contributed by atoms with Crippen molar-refractivity contribution in [1.82, 2.24) is 0 Å². The highest BCUT2D eigenvalue weighted by molar-refractivity contribution is 6.03. The van der Waals surface area contributed by atoms with Crippen LogP contribution < -0.4 is 11.5 Å². The van der Waals surface area contributed by atoms with Gasteiger partial charge in [0.05, 0.1) is 22.8 Å². The van der Waals surface area contributed by atoms with E-state index in [1.54, 1.807) is 0 Å². The normalized spacial score (nSPS) is 18.5. The van der Waals surface area contributed by atoms with Gasteiger partial charge < -0.3 is 11.5 Å². The molecular formula is C12H13N3. The van der Waals surface area contributed by atoms with Gasteiger partial charge in [-0.25, -0.2) is 0 Å². The van der Waals surface area contributed by atoms with Crippen LogP contribution in [0.3, 0.4) is 0 Å². The molecule has 2 rings (SSSR count). The Hall–Kier alpha value is -2.03. The van der Waals surface area contributed by atoms with Crippen molar-refractivity contribution in [3.8, 4) is 0 Å². The van der Waals surface area contributed by atoms with Gasteiger partial charge in [-0.3, -0.25) is 4.99 Å². The van der Waals surface area contributed by atoms with E-state index in [2.05, 4.69) is 4.99 Å². The van der Waals surface area contributed by atoms with Gasteiger partial charge in [-0.15, -0.1) is 0 Å². The summed E-state index contributed by atoms with van der Waals surface area (Å²) in [7, 11) is 0. The van der Waals surface area contributed by atoms with Gasteiger partial charge in [0.2, 0.25) is 0 Å². The van der Waals surface area contributed by atoms with Gasteiger partial charge in [0, 0.05) is 6.42 Å². The summed E-state index contributed by atoms with van der Waals surface area (Å²) >= 11 is 0. The zero-order valence-corrected chi connectivity index (χ0v) is 8.35. The quantitative estimate of drug-likeness (QED) is 0.725. The number of rotatable bonds is 1. The van der Waals surface area contributed by atoms with Crippen molar-refractivity contribution in [2.75, 3.05) is 0 Å². The molecule has 0 amide bonds. The van der Waals surface area contributed by atoms with Gasteiger partial charge in [0.15, 0.2) is 0 Å². The Morgan fingerprint density at radius 2 is 1.80 bits per heavy atom. The molecule has 1 aromatic carbocycles. The van der Waals surface area contributed by atoms with E-state index in [4.69, 9.17) is 11.5 Å². The Labute approximate surface area is 88.8 Å². The topological polar surface area (TPSA) is 64.4 Å². The third kappa shape index (κ3) is 2.07. The molecule has 3 heteroatoms. The van der Waals surface area contributed by atoms with E-state index in [0.717, 1.165) is 17.8 Å². The fraction of sp³-hybridized carbons (Fsp3) is 0.0833. The minimum absolute atomic E-state index is 0.585. The van der Waals surface area contributed by atoms with Crippen molar-refractivity contribution < 1.29 is 0 Å². The average Bonchev–Trinajstić information content (AvgIpc) is 2.26. The lowest BCUT2D eigenvalue weighted by Gasteiger charge is -2.11. The van der Waals surface area contributed by atoms with Gasteiger partial charge in [0.1, 0.15) is 0 Å². The first-order valence-corrected chi connectivity index (χ1v) is 4.82. The number of benzene rings is 1. The Morgan fingerprint density at radius 1 is 1.07 bits per heavy atom. The summed E-state index contributed by atoms with van der Waals surface area (Å²) < 4.78 is 0. The van der Waals surface area contributed by atoms with Crippen LogP contribution in [0.1, 0.15) is 6.42 Å². The summed E-state index contributed by atoms with van der Waals surface area (Å²) in [5, 5.41) is 0. The highest BCUT2D eigenvalue weighted by Crippen LogP contribution is 2.16. The summed E-state index contributed by atoms with van der Waals surface area (Å²) in [6, 6.07) is 9.73. The van der Waals surface area contributed by atoms with Gasteiger partial charge in [-0.1, -0.05) is 24.3 Å². The van der Waals surface area contributed by atoms with Gasteiger partial charge >= 0.3 is 0 Å². The lowest BCUT2D eigenvalue weighted by Crippen LogP contribution is -2.19.